The van der Waals surface area contributed by atoms with Crippen LogP contribution in [0.2, 0.25) is 5.15 Å². The Morgan fingerprint density at radius 3 is 2.26 bits per heavy atom. The molecule has 2 aromatic heterocycles. The van der Waals surface area contributed by atoms with Gasteiger partial charge in [0, 0.05) is 4.11 Å². The Balaban J connectivity index is 2.71. The van der Waals surface area contributed by atoms with E-state index < -0.39 is 66.8 Å². The zero-order valence-electron chi connectivity index (χ0n) is 19.1. The summed E-state index contributed by atoms with van der Waals surface area (Å²) in [6.45, 7) is -3.38. The summed E-state index contributed by atoms with van der Waals surface area (Å²) in [4.78, 5) is 14.0. The molecule has 0 fully saturated rings. The molecule has 2 rings (SSSR count). The van der Waals surface area contributed by atoms with Crippen molar-refractivity contribution >= 4 is 23.5 Å². The van der Waals surface area contributed by atoms with Gasteiger partial charge in [0.05, 0.1) is 4.11 Å². The monoisotopic (exact) mass is 420 g/mol. The van der Waals surface area contributed by atoms with Gasteiger partial charge in [-0.05, 0) is 25.9 Å². The number of hydrogen-bond donors (Lipinski definition) is 2. The molecule has 0 aromatic carbocycles. The lowest BCUT2D eigenvalue weighted by Gasteiger charge is -2.20. The number of nitrogens with one attached hydrogen (secondary N) is 2. The molecular weight excluding hydrogens is 402 g/mol. The van der Waals surface area contributed by atoms with Gasteiger partial charge in [-0.25, -0.2) is 4.98 Å². The van der Waals surface area contributed by atoms with Gasteiger partial charge in [-0.2, -0.15) is 41.3 Å². The quantitative estimate of drug-likeness (QED) is 0.554. The van der Waals surface area contributed by atoms with Crippen LogP contribution in [0.5, 0.6) is 0 Å². The van der Waals surface area contributed by atoms with E-state index in [9.17, 15) is 26.3 Å². The summed E-state index contributed by atoms with van der Waals surface area (Å²) in [5.74, 6) is -3.04. The minimum Gasteiger partial charge on any atom is -0.343 e. The molecule has 0 bridgehead atoms. The van der Waals surface area contributed by atoms with Crippen molar-refractivity contribution in [2.24, 2.45) is 0 Å². The predicted octanol–water partition coefficient (Wildman–Crippen LogP) is 4.31. The van der Waals surface area contributed by atoms with Crippen LogP contribution in [0, 0.1) is 0 Å². The van der Waals surface area contributed by atoms with Crippen LogP contribution >= 0.6 is 11.6 Å². The Labute approximate surface area is 162 Å². The van der Waals surface area contributed by atoms with Crippen LogP contribution in [0.25, 0.3) is 11.5 Å². The van der Waals surface area contributed by atoms with Crippen LogP contribution in [-0.2, 0) is 0 Å². The van der Waals surface area contributed by atoms with Crippen LogP contribution in [0.1, 0.15) is 22.0 Å². The highest BCUT2D eigenvalue weighted by molar-refractivity contribution is 6.29. The summed E-state index contributed by atoms with van der Waals surface area (Å²) >= 11 is 5.70. The second-order valence-electron chi connectivity index (χ2n) is 4.91. The van der Waals surface area contributed by atoms with Gasteiger partial charge >= 0.3 is 12.4 Å². The normalized spacial score (nSPS) is 19.4. The van der Waals surface area contributed by atoms with Gasteiger partial charge in [0.25, 0.3) is 0 Å². The molecule has 0 spiro atoms. The van der Waals surface area contributed by atoms with Crippen LogP contribution < -0.4 is 10.6 Å². The van der Waals surface area contributed by atoms with E-state index >= 15 is 0 Å². The molecule has 2 atom stereocenters. The van der Waals surface area contributed by atoms with E-state index in [1.54, 1.807) is 5.32 Å². The maximum absolute atomic E-state index is 13.4. The predicted molar refractivity (Wildman–Crippen MR) is 86.3 cm³/mol. The van der Waals surface area contributed by atoms with Crippen LogP contribution in [0.3, 0.4) is 0 Å². The van der Waals surface area contributed by atoms with Crippen LogP contribution in [0.15, 0.2) is 18.2 Å². The first-order valence-electron chi connectivity index (χ1n) is 9.84. The lowest BCUT2D eigenvalue weighted by molar-refractivity contribution is -0.139. The summed E-state index contributed by atoms with van der Waals surface area (Å²) in [6, 6.07) is -6.95. The molecule has 148 valence electrons. The molecule has 2 heterocycles. The summed E-state index contributed by atoms with van der Waals surface area (Å²) in [6.07, 6.45) is -10.5. The summed E-state index contributed by atoms with van der Waals surface area (Å²) < 4.78 is 123. The van der Waals surface area contributed by atoms with E-state index in [1.807, 2.05) is 0 Å². The van der Waals surface area contributed by atoms with Crippen molar-refractivity contribution in [2.45, 2.75) is 38.2 Å². The first kappa shape index (κ1) is 13.7. The third kappa shape index (κ3) is 5.81. The van der Waals surface area contributed by atoms with E-state index in [-0.39, 0.29) is 5.15 Å². The first-order valence-corrected chi connectivity index (χ1v) is 7.22. The average Bonchev–Trinajstić information content (AvgIpc) is 2.61. The summed E-state index contributed by atoms with van der Waals surface area (Å²) in [7, 11) is 0. The minimum absolute atomic E-state index is 0.369. The lowest BCUT2D eigenvalue weighted by atomic mass is 10.3. The maximum atomic E-state index is 13.4. The van der Waals surface area contributed by atoms with Crippen LogP contribution in [-0.4, -0.2) is 44.3 Å². The SMILES string of the molecule is [2H]c1cc(Cl)nc(-c2nc(NC(C)C(F)(F)F)nc(NC([2H])(C([2H])([2H])[2H])C(F)(F)F)n2)c1[2H]. The number of rotatable bonds is 5. The molecular formula is C14H13ClF6N6. The first-order chi connectivity index (χ1) is 14.8. The number of alkyl halides is 6. The molecule has 0 aliphatic carbocycles. The number of nitrogens with zero attached hydrogens (tertiary/aromatic N) is 4. The number of hydrogen-bond acceptors (Lipinski definition) is 6. The van der Waals surface area contributed by atoms with E-state index in [1.165, 1.54) is 5.32 Å². The number of aromatic nitrogens is 4. The molecule has 0 aliphatic rings. The highest BCUT2D eigenvalue weighted by Crippen LogP contribution is 2.26. The van der Waals surface area contributed by atoms with Crippen molar-refractivity contribution < 1.29 is 34.6 Å². The number of halogens is 7. The molecule has 2 N–H and O–H groups in total. The second kappa shape index (κ2) is 7.71. The Hall–Kier alpha value is -2.37. The van der Waals surface area contributed by atoms with E-state index in [2.05, 4.69) is 19.9 Å². The molecule has 0 amide bonds. The third-order valence-corrected chi connectivity index (χ3v) is 3.00. The van der Waals surface area contributed by atoms with Gasteiger partial charge in [0.15, 0.2) is 5.82 Å². The fraction of sp³-hybridized carbons (Fsp3) is 0.429. The summed E-state index contributed by atoms with van der Waals surface area (Å²) in [5.41, 5.74) is -0.614. The van der Waals surface area contributed by atoms with Gasteiger partial charge in [-0.1, -0.05) is 17.6 Å². The Kier molecular flexibility index (Phi) is 3.92. The second-order valence-corrected chi connectivity index (χ2v) is 5.30. The van der Waals surface area contributed by atoms with Crippen molar-refractivity contribution in [3.05, 3.63) is 23.3 Å². The van der Waals surface area contributed by atoms with Crippen molar-refractivity contribution in [3.63, 3.8) is 0 Å². The number of anilines is 2. The molecule has 6 nitrogen and oxygen atoms in total. The van der Waals surface area contributed by atoms with E-state index in [0.29, 0.717) is 6.92 Å². The van der Waals surface area contributed by atoms with Gasteiger partial charge in [0.2, 0.25) is 11.9 Å². The van der Waals surface area contributed by atoms with Gasteiger partial charge in [0.1, 0.15) is 22.9 Å². The molecule has 2 unspecified atom stereocenters. The van der Waals surface area contributed by atoms with E-state index in [0.717, 1.165) is 6.07 Å². The van der Waals surface area contributed by atoms with Gasteiger partial charge < -0.3 is 10.6 Å². The van der Waals surface area contributed by atoms with Crippen molar-refractivity contribution in [1.29, 1.82) is 0 Å². The van der Waals surface area contributed by atoms with Gasteiger partial charge in [-0.15, -0.1) is 0 Å². The molecule has 13 heteroatoms. The van der Waals surface area contributed by atoms with Crippen molar-refractivity contribution in [2.75, 3.05) is 10.6 Å². The Morgan fingerprint density at radius 2 is 1.70 bits per heavy atom. The highest BCUT2D eigenvalue weighted by atomic mass is 35.5. The highest BCUT2D eigenvalue weighted by Gasteiger charge is 2.38. The fourth-order valence-corrected chi connectivity index (χ4v) is 1.64. The largest absolute Gasteiger partial charge is 0.408 e. The van der Waals surface area contributed by atoms with Crippen LogP contribution in [0.4, 0.5) is 38.2 Å². The zero-order chi connectivity index (χ0) is 25.6. The number of pyridine rings is 1. The van der Waals surface area contributed by atoms with E-state index in [4.69, 9.17) is 19.8 Å². The topological polar surface area (TPSA) is 75.6 Å². The standard InChI is InChI=1S/C14H13ClF6N6/c1-6(13(16,17)18)22-11-25-10(8-4-3-5-9(15)24-8)26-12(27-11)23-7(2)14(19,20)21/h3-7H,1-2H3,(H2,22,23,25,26,27)/i1D3,3D,4D,6D. The summed E-state index contributed by atoms with van der Waals surface area (Å²) in [5, 5.41) is 2.67. The molecule has 0 saturated heterocycles. The molecule has 27 heavy (non-hydrogen) atoms. The molecule has 0 saturated carbocycles. The smallest absolute Gasteiger partial charge is 0.343 e. The molecule has 0 aliphatic heterocycles. The average molecular weight is 421 g/mol. The Morgan fingerprint density at radius 1 is 1.07 bits per heavy atom. The zero-order valence-corrected chi connectivity index (χ0v) is 13.8. The van der Waals surface area contributed by atoms with Crippen molar-refractivity contribution in [1.82, 2.24) is 19.9 Å². The molecule has 0 radical (unpaired) electrons. The minimum atomic E-state index is -5.71. The van der Waals surface area contributed by atoms with Gasteiger partial charge in [-0.3, -0.25) is 0 Å². The molecule has 2 aromatic rings. The maximum Gasteiger partial charge on any atom is 0.408 e. The third-order valence-electron chi connectivity index (χ3n) is 2.80. The Bertz CT molecular complexity index is 1020. The lowest BCUT2D eigenvalue weighted by Crippen LogP contribution is -2.35. The fourth-order valence-electron chi connectivity index (χ4n) is 1.50. The van der Waals surface area contributed by atoms with Crippen molar-refractivity contribution in [3.8, 4) is 11.5 Å².